The van der Waals surface area contributed by atoms with Gasteiger partial charge in [-0.25, -0.2) is 13.2 Å². The van der Waals surface area contributed by atoms with Crippen LogP contribution in [0.4, 0.5) is 0 Å². The zero-order valence-corrected chi connectivity index (χ0v) is 11.0. The van der Waals surface area contributed by atoms with Crippen molar-refractivity contribution in [3.8, 4) is 0 Å². The second-order valence-electron chi connectivity index (χ2n) is 4.44. The van der Waals surface area contributed by atoms with Gasteiger partial charge in [0.05, 0.1) is 0 Å². The normalized spacial score (nSPS) is 16.8. The molecule has 0 bridgehead atoms. The summed E-state index contributed by atoms with van der Waals surface area (Å²) in [5.41, 5.74) is -0.0377. The van der Waals surface area contributed by atoms with Crippen LogP contribution in [0.1, 0.15) is 35.3 Å². The third kappa shape index (κ3) is 1.91. The zero-order valence-electron chi connectivity index (χ0n) is 10.2. The van der Waals surface area contributed by atoms with E-state index < -0.39 is 21.0 Å². The van der Waals surface area contributed by atoms with Gasteiger partial charge in [-0.2, -0.15) is 9.40 Å². The number of H-pyrrole nitrogens is 1. The van der Waals surface area contributed by atoms with E-state index in [1.807, 2.05) is 0 Å². The first kappa shape index (κ1) is 13.0. The molecule has 8 heteroatoms. The maximum absolute atomic E-state index is 12.3. The fraction of sp³-hybridized carbons (Fsp3) is 0.600. The molecule has 1 aliphatic rings. The summed E-state index contributed by atoms with van der Waals surface area (Å²) >= 11 is 0. The summed E-state index contributed by atoms with van der Waals surface area (Å²) in [7, 11) is -2.38. The van der Waals surface area contributed by atoms with E-state index in [1.54, 1.807) is 0 Å². The van der Waals surface area contributed by atoms with Crippen LogP contribution < -0.4 is 0 Å². The van der Waals surface area contributed by atoms with E-state index in [4.69, 9.17) is 5.11 Å². The summed E-state index contributed by atoms with van der Waals surface area (Å²) in [6.45, 7) is 1.48. The van der Waals surface area contributed by atoms with Gasteiger partial charge < -0.3 is 5.11 Å². The fourth-order valence-corrected chi connectivity index (χ4v) is 3.46. The minimum absolute atomic E-state index is 0.0475. The van der Waals surface area contributed by atoms with Crippen molar-refractivity contribution in [2.24, 2.45) is 0 Å². The molecule has 1 fully saturated rings. The van der Waals surface area contributed by atoms with Gasteiger partial charge in [0.1, 0.15) is 5.56 Å². The number of nitrogens with one attached hydrogen (secondary N) is 1. The van der Waals surface area contributed by atoms with E-state index in [2.05, 4.69) is 10.2 Å². The summed E-state index contributed by atoms with van der Waals surface area (Å²) < 4.78 is 25.8. The first-order valence-electron chi connectivity index (χ1n) is 5.62. The Morgan fingerprint density at radius 3 is 2.56 bits per heavy atom. The number of nitrogens with zero attached hydrogens (tertiary/aromatic N) is 2. The molecule has 1 heterocycles. The molecular formula is C10H15N3O4S. The van der Waals surface area contributed by atoms with Crippen LogP contribution in [0.5, 0.6) is 0 Å². The fourth-order valence-electron chi connectivity index (χ4n) is 1.93. The van der Waals surface area contributed by atoms with Gasteiger partial charge in [0.15, 0.2) is 0 Å². The molecule has 1 saturated carbocycles. The van der Waals surface area contributed by atoms with Gasteiger partial charge in [0.25, 0.3) is 10.0 Å². The lowest BCUT2D eigenvalue weighted by Gasteiger charge is -2.33. The van der Waals surface area contributed by atoms with Crippen LogP contribution >= 0.6 is 0 Å². The molecule has 18 heavy (non-hydrogen) atoms. The standard InChI is InChI=1S/C10H15N3O4S/c1-6-8(10(14)15)9(12-11-6)18(16,17)13(2)7-4-3-5-7/h7H,3-5H2,1-2H3,(H,11,12)(H,14,15). The van der Waals surface area contributed by atoms with Crippen molar-refractivity contribution in [2.75, 3.05) is 7.05 Å². The van der Waals surface area contributed by atoms with Gasteiger partial charge in [0.2, 0.25) is 5.03 Å². The second kappa shape index (κ2) is 4.36. The van der Waals surface area contributed by atoms with Gasteiger partial charge >= 0.3 is 5.97 Å². The summed E-state index contributed by atoms with van der Waals surface area (Å²) in [6.07, 6.45) is 2.61. The Balaban J connectivity index is 2.44. The Bertz CT molecular complexity index is 574. The molecule has 1 aliphatic carbocycles. The molecule has 0 atom stereocenters. The van der Waals surface area contributed by atoms with Crippen LogP contribution in [0.25, 0.3) is 0 Å². The van der Waals surface area contributed by atoms with Crippen molar-refractivity contribution >= 4 is 16.0 Å². The van der Waals surface area contributed by atoms with Crippen molar-refractivity contribution < 1.29 is 18.3 Å². The van der Waals surface area contributed by atoms with E-state index in [-0.39, 0.29) is 17.3 Å². The van der Waals surface area contributed by atoms with Crippen molar-refractivity contribution in [3.05, 3.63) is 11.3 Å². The number of carboxylic acid groups (broad SMARTS) is 1. The number of aryl methyl sites for hydroxylation is 1. The van der Waals surface area contributed by atoms with Gasteiger partial charge in [-0.3, -0.25) is 5.10 Å². The quantitative estimate of drug-likeness (QED) is 0.835. The molecule has 0 radical (unpaired) electrons. The Kier molecular flexibility index (Phi) is 3.16. The lowest BCUT2D eigenvalue weighted by molar-refractivity contribution is 0.0691. The largest absolute Gasteiger partial charge is 0.478 e. The summed E-state index contributed by atoms with van der Waals surface area (Å²) in [5.74, 6) is -1.29. The van der Waals surface area contributed by atoms with Crippen LogP contribution in [0.2, 0.25) is 0 Å². The molecule has 0 amide bonds. The molecule has 1 aromatic heterocycles. The molecule has 0 saturated heterocycles. The van der Waals surface area contributed by atoms with Gasteiger partial charge in [-0.05, 0) is 19.8 Å². The summed E-state index contributed by atoms with van der Waals surface area (Å²) in [6, 6.07) is -0.0475. The highest BCUT2D eigenvalue weighted by Gasteiger charge is 2.36. The van der Waals surface area contributed by atoms with Gasteiger partial charge in [-0.1, -0.05) is 6.42 Å². The Hall–Kier alpha value is -1.41. The third-order valence-corrected chi connectivity index (χ3v) is 5.18. The predicted molar refractivity (Wildman–Crippen MR) is 62.9 cm³/mol. The average molecular weight is 273 g/mol. The summed E-state index contributed by atoms with van der Waals surface area (Å²) in [4.78, 5) is 11.1. The highest BCUT2D eigenvalue weighted by molar-refractivity contribution is 7.89. The smallest absolute Gasteiger partial charge is 0.340 e. The molecule has 100 valence electrons. The van der Waals surface area contributed by atoms with Crippen LogP contribution in [0, 0.1) is 6.92 Å². The highest BCUT2D eigenvalue weighted by atomic mass is 32.2. The topological polar surface area (TPSA) is 103 Å². The van der Waals surface area contributed by atoms with Crippen LogP contribution in [0.15, 0.2) is 5.03 Å². The molecular weight excluding hydrogens is 258 g/mol. The van der Waals surface area contributed by atoms with E-state index in [0.29, 0.717) is 0 Å². The van der Waals surface area contributed by atoms with E-state index >= 15 is 0 Å². The summed E-state index contributed by atoms with van der Waals surface area (Å²) in [5, 5.41) is 14.7. The maximum atomic E-state index is 12.3. The number of rotatable bonds is 4. The van der Waals surface area contributed by atoms with E-state index in [0.717, 1.165) is 19.3 Å². The second-order valence-corrected chi connectivity index (χ2v) is 6.35. The van der Waals surface area contributed by atoms with Crippen LogP contribution in [-0.4, -0.2) is 47.1 Å². The average Bonchev–Trinajstić information content (AvgIpc) is 2.57. The minimum Gasteiger partial charge on any atom is -0.478 e. The van der Waals surface area contributed by atoms with Gasteiger partial charge in [-0.15, -0.1) is 0 Å². The number of aromatic carboxylic acids is 1. The lowest BCUT2D eigenvalue weighted by Crippen LogP contribution is -2.41. The predicted octanol–water partition coefficient (Wildman–Crippen LogP) is 0.589. The number of carbonyl (C=O) groups is 1. The third-order valence-electron chi connectivity index (χ3n) is 3.34. The molecule has 0 aromatic carbocycles. The number of sulfonamides is 1. The highest BCUT2D eigenvalue weighted by Crippen LogP contribution is 2.29. The molecule has 7 nitrogen and oxygen atoms in total. The number of aromatic nitrogens is 2. The Morgan fingerprint density at radius 1 is 1.50 bits per heavy atom. The molecule has 0 aliphatic heterocycles. The zero-order chi connectivity index (χ0) is 13.5. The van der Waals surface area contributed by atoms with Crippen molar-refractivity contribution in [1.29, 1.82) is 0 Å². The molecule has 0 spiro atoms. The number of hydrogen-bond donors (Lipinski definition) is 2. The van der Waals surface area contributed by atoms with Crippen molar-refractivity contribution in [1.82, 2.24) is 14.5 Å². The number of hydrogen-bond acceptors (Lipinski definition) is 4. The minimum atomic E-state index is -3.84. The lowest BCUT2D eigenvalue weighted by atomic mass is 9.94. The van der Waals surface area contributed by atoms with Crippen LogP contribution in [-0.2, 0) is 10.0 Å². The Labute approximate surface area is 105 Å². The Morgan fingerprint density at radius 2 is 2.11 bits per heavy atom. The first-order valence-corrected chi connectivity index (χ1v) is 7.06. The molecule has 1 aromatic rings. The van der Waals surface area contributed by atoms with E-state index in [9.17, 15) is 13.2 Å². The van der Waals surface area contributed by atoms with Gasteiger partial charge in [0, 0.05) is 18.8 Å². The monoisotopic (exact) mass is 273 g/mol. The van der Waals surface area contributed by atoms with Crippen molar-refractivity contribution in [3.63, 3.8) is 0 Å². The molecule has 0 unspecified atom stereocenters. The number of carboxylic acids is 1. The van der Waals surface area contributed by atoms with Crippen molar-refractivity contribution in [2.45, 2.75) is 37.3 Å². The SMILES string of the molecule is Cc1[nH]nc(S(=O)(=O)N(C)C2CCC2)c1C(=O)O. The van der Waals surface area contributed by atoms with Crippen LogP contribution in [0.3, 0.4) is 0 Å². The first-order chi connectivity index (χ1) is 8.35. The molecule has 2 rings (SSSR count). The maximum Gasteiger partial charge on any atom is 0.340 e. The van der Waals surface area contributed by atoms with E-state index in [1.165, 1.54) is 18.3 Å². The molecule has 2 N–H and O–H groups in total. The number of aromatic amines is 1.